The molecule has 0 aliphatic heterocycles. The fourth-order valence-corrected chi connectivity index (χ4v) is 1.67. The van der Waals surface area contributed by atoms with Crippen molar-refractivity contribution in [3.8, 4) is 5.75 Å². The van der Waals surface area contributed by atoms with Gasteiger partial charge in [0.1, 0.15) is 0 Å². The molecule has 0 aromatic heterocycles. The van der Waals surface area contributed by atoms with Crippen molar-refractivity contribution in [1.29, 1.82) is 0 Å². The first-order valence-electron chi connectivity index (χ1n) is 6.57. The first kappa shape index (κ1) is 20.6. The zero-order chi connectivity index (χ0) is 17.7. The molecule has 0 bridgehead atoms. The van der Waals surface area contributed by atoms with E-state index in [2.05, 4.69) is 4.74 Å². The van der Waals surface area contributed by atoms with Gasteiger partial charge in [0.25, 0.3) is 5.95 Å². The molecule has 2 aromatic carbocycles. The van der Waals surface area contributed by atoms with E-state index in [1.807, 2.05) is 30.3 Å². The first-order valence-corrected chi connectivity index (χ1v) is 6.57. The average molecular weight is 397 g/mol. The molecule has 25 heavy (non-hydrogen) atoms. The number of ether oxygens (including phenoxy) is 1. The van der Waals surface area contributed by atoms with Crippen LogP contribution in [0.25, 0.3) is 0 Å². The Kier molecular flexibility index (Phi) is 7.54. The van der Waals surface area contributed by atoms with Crippen molar-refractivity contribution >= 4 is 0 Å². The molecule has 1 aliphatic rings. The number of hydrogen-bond acceptors (Lipinski definition) is 2. The second-order valence-electron chi connectivity index (χ2n) is 4.44. The van der Waals surface area contributed by atoms with E-state index in [1.54, 1.807) is 0 Å². The quantitative estimate of drug-likeness (QED) is 0.192. The molecule has 2 aromatic rings. The van der Waals surface area contributed by atoms with Crippen molar-refractivity contribution in [2.24, 2.45) is 0 Å². The summed E-state index contributed by atoms with van der Waals surface area (Å²) in [5, 5.41) is 9.39. The molecule has 1 aliphatic carbocycles. The monoisotopic (exact) mass is 397 g/mol. The van der Waals surface area contributed by atoms with Crippen molar-refractivity contribution in [1.82, 2.24) is 0 Å². The van der Waals surface area contributed by atoms with Crippen molar-refractivity contribution in [3.63, 3.8) is 0 Å². The molecule has 0 radical (unpaired) electrons. The van der Waals surface area contributed by atoms with E-state index in [1.165, 1.54) is 24.3 Å². The molecule has 0 amide bonds. The Morgan fingerprint density at radius 1 is 0.800 bits per heavy atom. The first-order chi connectivity index (χ1) is 11.4. The van der Waals surface area contributed by atoms with Gasteiger partial charge < -0.3 is 9.84 Å². The number of allylic oxidation sites excluding steroid dienone is 5. The molecule has 0 saturated heterocycles. The van der Waals surface area contributed by atoms with Gasteiger partial charge >= 0.3 is 0 Å². The Balaban J connectivity index is 0.000000448. The van der Waals surface area contributed by atoms with E-state index in [-0.39, 0.29) is 22.6 Å². The van der Waals surface area contributed by atoms with Gasteiger partial charge in [-0.1, -0.05) is 12.2 Å². The molecule has 1 N–H and O–H groups in total. The third-order valence-electron chi connectivity index (χ3n) is 2.83. The molecule has 0 atom stereocenters. The number of halogens is 5. The molecule has 0 fully saturated rings. The number of aliphatic hydroxyl groups is 1. The van der Waals surface area contributed by atoms with E-state index >= 15 is 0 Å². The van der Waals surface area contributed by atoms with Crippen LogP contribution in [-0.2, 0) is 17.1 Å². The Morgan fingerprint density at radius 3 is 1.64 bits per heavy atom. The zero-order valence-electron chi connectivity index (χ0n) is 12.3. The standard InChI is InChI=1S/C12H5F5O2.C5H5.Fe/c13-6-7(14)9(16)11(10(17)8(6)15)19-12(18)5-3-1-2-4-5;1-2-4-5-3-1;/h1-4,18H;1-5H;/q;-1;. The van der Waals surface area contributed by atoms with Crippen LogP contribution in [0.5, 0.6) is 5.75 Å². The SMILES string of the molecule is OC(Oc1c(F)c(F)c(F)c(F)c1F)=C1C=CC=C1.[Fe].c1cc[cH-]c1. The number of hydrogen-bond donors (Lipinski definition) is 1. The molecule has 0 spiro atoms. The summed E-state index contributed by atoms with van der Waals surface area (Å²) in [5.41, 5.74) is 0.0314. The molecule has 134 valence electrons. The second kappa shape index (κ2) is 9.15. The summed E-state index contributed by atoms with van der Waals surface area (Å²) in [6, 6.07) is 10.0. The normalized spacial score (nSPS) is 11.6. The summed E-state index contributed by atoms with van der Waals surface area (Å²) in [6.07, 6.45) is 5.60. The average Bonchev–Trinajstić information content (AvgIpc) is 3.30. The van der Waals surface area contributed by atoms with Crippen LogP contribution < -0.4 is 4.74 Å². The summed E-state index contributed by atoms with van der Waals surface area (Å²) >= 11 is 0. The van der Waals surface area contributed by atoms with Gasteiger partial charge in [-0.05, 0) is 12.2 Å². The largest absolute Gasteiger partial charge is 0.480 e. The van der Waals surface area contributed by atoms with Gasteiger partial charge in [0.05, 0.1) is 5.57 Å². The molecule has 0 saturated carbocycles. The molecule has 8 heteroatoms. The minimum absolute atomic E-state index is 0. The van der Waals surface area contributed by atoms with Gasteiger partial charge in [-0.2, -0.15) is 27.0 Å². The van der Waals surface area contributed by atoms with Gasteiger partial charge in [-0.3, -0.25) is 0 Å². The van der Waals surface area contributed by atoms with E-state index in [4.69, 9.17) is 0 Å². The third kappa shape index (κ3) is 4.78. The number of rotatable bonds is 2. The van der Waals surface area contributed by atoms with Gasteiger partial charge in [-0.15, -0.1) is 0 Å². The smallest absolute Gasteiger partial charge is 0.289 e. The van der Waals surface area contributed by atoms with Crippen LogP contribution in [0.3, 0.4) is 0 Å². The molecule has 0 unspecified atom stereocenters. The van der Waals surface area contributed by atoms with Crippen molar-refractivity contribution < 1.29 is 48.9 Å². The van der Waals surface area contributed by atoms with Crippen molar-refractivity contribution in [2.75, 3.05) is 0 Å². The maximum Gasteiger partial charge on any atom is 0.289 e. The fraction of sp³-hybridized carbons (Fsp3) is 0. The summed E-state index contributed by atoms with van der Waals surface area (Å²) < 4.78 is 69.3. The van der Waals surface area contributed by atoms with Crippen molar-refractivity contribution in [3.05, 3.63) is 95.2 Å². The maximum atomic E-state index is 13.2. The molecular formula is C17H10F5FeO2-. The van der Waals surface area contributed by atoms with E-state index in [0.717, 1.165) is 0 Å². The predicted octanol–water partition coefficient (Wildman–Crippen LogP) is 5.06. The fourth-order valence-electron chi connectivity index (χ4n) is 1.67. The van der Waals surface area contributed by atoms with Crippen LogP contribution in [0.2, 0.25) is 0 Å². The van der Waals surface area contributed by atoms with Crippen LogP contribution in [0, 0.1) is 29.1 Å². The molecule has 2 nitrogen and oxygen atoms in total. The van der Waals surface area contributed by atoms with Crippen LogP contribution in [-0.4, -0.2) is 5.11 Å². The summed E-state index contributed by atoms with van der Waals surface area (Å²) in [6.45, 7) is 0. The summed E-state index contributed by atoms with van der Waals surface area (Å²) in [5.74, 6) is -13.4. The zero-order valence-corrected chi connectivity index (χ0v) is 13.4. The van der Waals surface area contributed by atoms with Crippen LogP contribution in [0.4, 0.5) is 22.0 Å². The van der Waals surface area contributed by atoms with Gasteiger partial charge in [0, 0.05) is 17.1 Å². The number of aliphatic hydroxyl groups excluding tert-OH is 1. The van der Waals surface area contributed by atoms with E-state index < -0.39 is 40.8 Å². The van der Waals surface area contributed by atoms with Crippen LogP contribution >= 0.6 is 0 Å². The van der Waals surface area contributed by atoms with Gasteiger partial charge in [0.15, 0.2) is 0 Å². The van der Waals surface area contributed by atoms with Gasteiger partial charge in [0.2, 0.25) is 34.8 Å². The summed E-state index contributed by atoms with van der Waals surface area (Å²) in [4.78, 5) is 0. The minimum atomic E-state index is -2.30. The Morgan fingerprint density at radius 2 is 1.24 bits per heavy atom. The molecular weight excluding hydrogens is 387 g/mol. The second-order valence-corrected chi connectivity index (χ2v) is 4.44. The Hall–Kier alpha value is -2.44. The van der Waals surface area contributed by atoms with E-state index in [0.29, 0.717) is 0 Å². The Bertz CT molecular complexity index is 751. The third-order valence-corrected chi connectivity index (χ3v) is 2.83. The maximum absolute atomic E-state index is 13.2. The topological polar surface area (TPSA) is 29.5 Å². The summed E-state index contributed by atoms with van der Waals surface area (Å²) in [7, 11) is 0. The Labute approximate surface area is 150 Å². The molecule has 0 heterocycles. The molecule has 3 rings (SSSR count). The van der Waals surface area contributed by atoms with E-state index in [9.17, 15) is 27.1 Å². The van der Waals surface area contributed by atoms with Crippen molar-refractivity contribution in [2.45, 2.75) is 0 Å². The van der Waals surface area contributed by atoms with Gasteiger partial charge in [-0.25, -0.2) is 25.3 Å². The number of benzene rings is 1. The minimum Gasteiger partial charge on any atom is -0.480 e. The van der Waals surface area contributed by atoms with Crippen LogP contribution in [0.15, 0.2) is 66.2 Å². The van der Waals surface area contributed by atoms with Crippen LogP contribution in [0.1, 0.15) is 0 Å². The predicted molar refractivity (Wildman–Crippen MR) is 76.8 cm³/mol.